The number of rotatable bonds is 2. The van der Waals surface area contributed by atoms with Gasteiger partial charge in [-0.3, -0.25) is 0 Å². The minimum atomic E-state index is 0.793. The fourth-order valence-corrected chi connectivity index (χ4v) is 3.56. The van der Waals surface area contributed by atoms with Crippen LogP contribution in [0.15, 0.2) is 23.1 Å². The predicted octanol–water partition coefficient (Wildman–Crippen LogP) is 4.29. The quantitative estimate of drug-likeness (QED) is 0.758. The molecule has 0 saturated heterocycles. The lowest BCUT2D eigenvalue weighted by molar-refractivity contribution is 0.516. The molecule has 0 aliphatic heterocycles. The lowest BCUT2D eigenvalue weighted by Crippen LogP contribution is -2.07. The summed E-state index contributed by atoms with van der Waals surface area (Å²) < 4.78 is 0. The molecule has 0 bridgehead atoms. The highest BCUT2D eigenvalue weighted by molar-refractivity contribution is 8.00. The van der Waals surface area contributed by atoms with Crippen molar-refractivity contribution in [2.24, 2.45) is 0 Å². The van der Waals surface area contributed by atoms with E-state index in [0.29, 0.717) is 0 Å². The van der Waals surface area contributed by atoms with E-state index in [1.807, 2.05) is 24.8 Å². The molecule has 0 heterocycles. The summed E-state index contributed by atoms with van der Waals surface area (Å²) in [7, 11) is 0. The molecule has 84 valence electrons. The van der Waals surface area contributed by atoms with Crippen molar-refractivity contribution in [3.05, 3.63) is 29.3 Å². The molecule has 0 radical (unpaired) electrons. The van der Waals surface area contributed by atoms with Crippen molar-refractivity contribution >= 4 is 11.8 Å². The molecular weight excluding hydrogens is 214 g/mol. The molecule has 0 amide bonds. The molecule has 16 heavy (non-hydrogen) atoms. The summed E-state index contributed by atoms with van der Waals surface area (Å²) in [5.74, 6) is 0. The Labute approximate surface area is 102 Å². The van der Waals surface area contributed by atoms with Crippen LogP contribution in [0.2, 0.25) is 0 Å². The topological polar surface area (TPSA) is 23.8 Å². The second kappa shape index (κ2) is 5.41. The van der Waals surface area contributed by atoms with Crippen LogP contribution in [-0.2, 0) is 0 Å². The molecule has 1 aromatic rings. The van der Waals surface area contributed by atoms with Crippen molar-refractivity contribution in [1.82, 2.24) is 0 Å². The van der Waals surface area contributed by atoms with Crippen LogP contribution >= 0.6 is 11.8 Å². The Hall–Kier alpha value is -0.940. The zero-order valence-corrected chi connectivity index (χ0v) is 10.5. The Balaban J connectivity index is 2.04. The summed E-state index contributed by atoms with van der Waals surface area (Å²) in [4.78, 5) is 1.32. The van der Waals surface area contributed by atoms with E-state index in [9.17, 15) is 0 Å². The van der Waals surface area contributed by atoms with E-state index in [-0.39, 0.29) is 0 Å². The minimum absolute atomic E-state index is 0.793. The molecule has 0 unspecified atom stereocenters. The molecule has 0 atom stereocenters. The lowest BCUT2D eigenvalue weighted by atomic mass is 10.0. The predicted molar refractivity (Wildman–Crippen MR) is 68.6 cm³/mol. The molecule has 1 aliphatic carbocycles. The van der Waals surface area contributed by atoms with Gasteiger partial charge in [-0.05, 0) is 43.5 Å². The summed E-state index contributed by atoms with van der Waals surface area (Å²) in [6.45, 7) is 2.02. The van der Waals surface area contributed by atoms with E-state index in [1.165, 1.54) is 37.0 Å². The highest BCUT2D eigenvalue weighted by Crippen LogP contribution is 2.34. The minimum Gasteiger partial charge on any atom is -0.192 e. The average Bonchev–Trinajstić information content (AvgIpc) is 2.31. The maximum absolute atomic E-state index is 8.87. The summed E-state index contributed by atoms with van der Waals surface area (Å²) in [5.41, 5.74) is 1.90. The normalized spacial score (nSPS) is 17.0. The first-order valence-electron chi connectivity index (χ1n) is 5.97. The van der Waals surface area contributed by atoms with Gasteiger partial charge in [-0.25, -0.2) is 0 Å². The van der Waals surface area contributed by atoms with Crippen molar-refractivity contribution in [3.63, 3.8) is 0 Å². The number of hydrogen-bond acceptors (Lipinski definition) is 2. The largest absolute Gasteiger partial charge is 0.192 e. The maximum Gasteiger partial charge on any atom is 0.0994 e. The average molecular weight is 231 g/mol. The molecule has 1 saturated carbocycles. The van der Waals surface area contributed by atoms with Gasteiger partial charge in [-0.1, -0.05) is 19.3 Å². The van der Waals surface area contributed by atoms with E-state index >= 15 is 0 Å². The fraction of sp³-hybridized carbons (Fsp3) is 0.500. The highest BCUT2D eigenvalue weighted by atomic mass is 32.2. The summed E-state index contributed by atoms with van der Waals surface area (Å²) in [6, 6.07) is 8.40. The van der Waals surface area contributed by atoms with Crippen LogP contribution in [0.1, 0.15) is 43.2 Å². The van der Waals surface area contributed by atoms with Gasteiger partial charge in [0.1, 0.15) is 0 Å². The van der Waals surface area contributed by atoms with Crippen molar-refractivity contribution in [3.8, 4) is 6.07 Å². The molecule has 0 aromatic heterocycles. The Kier molecular flexibility index (Phi) is 3.90. The van der Waals surface area contributed by atoms with Gasteiger partial charge < -0.3 is 0 Å². The number of nitrogens with zero attached hydrogens (tertiary/aromatic N) is 1. The van der Waals surface area contributed by atoms with E-state index in [0.717, 1.165) is 16.4 Å². The second-order valence-electron chi connectivity index (χ2n) is 4.47. The van der Waals surface area contributed by atoms with Gasteiger partial charge in [-0.15, -0.1) is 11.8 Å². The van der Waals surface area contributed by atoms with Crippen molar-refractivity contribution in [2.75, 3.05) is 0 Å². The first-order valence-corrected chi connectivity index (χ1v) is 6.85. The summed E-state index contributed by atoms with van der Waals surface area (Å²) in [5, 5.41) is 9.67. The molecule has 1 aromatic carbocycles. The zero-order chi connectivity index (χ0) is 11.4. The van der Waals surface area contributed by atoms with Gasteiger partial charge in [0.25, 0.3) is 0 Å². The number of nitriles is 1. The monoisotopic (exact) mass is 231 g/mol. The molecule has 1 fully saturated rings. The van der Waals surface area contributed by atoms with Crippen LogP contribution in [0, 0.1) is 18.3 Å². The van der Waals surface area contributed by atoms with Crippen LogP contribution in [0.25, 0.3) is 0 Å². The molecule has 1 aliphatic rings. The molecule has 0 spiro atoms. The number of thioether (sulfide) groups is 1. The Bertz CT molecular complexity index is 400. The third-order valence-electron chi connectivity index (χ3n) is 3.17. The van der Waals surface area contributed by atoms with Gasteiger partial charge in [0, 0.05) is 10.1 Å². The van der Waals surface area contributed by atoms with Crippen LogP contribution in [0.3, 0.4) is 0 Å². The molecule has 2 heteroatoms. The van der Waals surface area contributed by atoms with E-state index in [4.69, 9.17) is 5.26 Å². The van der Waals surface area contributed by atoms with E-state index < -0.39 is 0 Å². The van der Waals surface area contributed by atoms with Gasteiger partial charge in [0.05, 0.1) is 11.6 Å². The second-order valence-corrected chi connectivity index (χ2v) is 5.84. The summed E-state index contributed by atoms with van der Waals surface area (Å²) >= 11 is 1.99. The van der Waals surface area contributed by atoms with Gasteiger partial charge in [0.15, 0.2) is 0 Å². The lowest BCUT2D eigenvalue weighted by Gasteiger charge is -2.21. The first-order chi connectivity index (χ1) is 7.79. The molecule has 2 rings (SSSR count). The van der Waals surface area contributed by atoms with Gasteiger partial charge in [-0.2, -0.15) is 5.26 Å². The standard InChI is InChI=1S/C14H17NS/c1-11-9-14(8-7-12(11)10-15)16-13-5-3-2-4-6-13/h7-9,13H,2-6H2,1H3. The zero-order valence-electron chi connectivity index (χ0n) is 9.70. The summed E-state index contributed by atoms with van der Waals surface area (Å²) in [6.07, 6.45) is 6.87. The van der Waals surface area contributed by atoms with Gasteiger partial charge in [0.2, 0.25) is 0 Å². The van der Waals surface area contributed by atoms with Crippen LogP contribution in [0.5, 0.6) is 0 Å². The maximum atomic E-state index is 8.87. The fourth-order valence-electron chi connectivity index (χ4n) is 2.21. The van der Waals surface area contributed by atoms with E-state index in [2.05, 4.69) is 18.2 Å². The molecule has 1 nitrogen and oxygen atoms in total. The van der Waals surface area contributed by atoms with Crippen molar-refractivity contribution < 1.29 is 0 Å². The Morgan fingerprint density at radius 3 is 2.62 bits per heavy atom. The number of hydrogen-bond donors (Lipinski definition) is 0. The number of benzene rings is 1. The Morgan fingerprint density at radius 1 is 1.25 bits per heavy atom. The third-order valence-corrected chi connectivity index (χ3v) is 4.50. The van der Waals surface area contributed by atoms with Gasteiger partial charge >= 0.3 is 0 Å². The van der Waals surface area contributed by atoms with Crippen molar-refractivity contribution in [2.45, 2.75) is 49.2 Å². The van der Waals surface area contributed by atoms with Crippen molar-refractivity contribution in [1.29, 1.82) is 5.26 Å². The smallest absolute Gasteiger partial charge is 0.0994 e. The van der Waals surface area contributed by atoms with Crippen LogP contribution in [-0.4, -0.2) is 5.25 Å². The van der Waals surface area contributed by atoms with E-state index in [1.54, 1.807) is 0 Å². The highest BCUT2D eigenvalue weighted by Gasteiger charge is 2.14. The third kappa shape index (κ3) is 2.80. The molecule has 0 N–H and O–H groups in total. The number of aryl methyl sites for hydroxylation is 1. The van der Waals surface area contributed by atoms with Crippen LogP contribution < -0.4 is 0 Å². The molecular formula is C14H17NS. The SMILES string of the molecule is Cc1cc(SC2CCCCC2)ccc1C#N. The van der Waals surface area contributed by atoms with Crippen LogP contribution in [0.4, 0.5) is 0 Å². The first kappa shape index (κ1) is 11.5. The Morgan fingerprint density at radius 2 is 2.00 bits per heavy atom.